The van der Waals surface area contributed by atoms with E-state index >= 15 is 0 Å². The lowest BCUT2D eigenvalue weighted by atomic mass is 10.2. The molecule has 1 aromatic rings. The Morgan fingerprint density at radius 1 is 1.29 bits per heavy atom. The van der Waals surface area contributed by atoms with Crippen molar-refractivity contribution >= 4 is 12.4 Å². The monoisotopic (exact) mass is 259 g/mol. The van der Waals surface area contributed by atoms with Gasteiger partial charge < -0.3 is 5.32 Å². The van der Waals surface area contributed by atoms with Crippen molar-refractivity contribution in [1.82, 2.24) is 15.1 Å². The van der Waals surface area contributed by atoms with Crippen molar-refractivity contribution in [3.63, 3.8) is 0 Å². The molecule has 0 unspecified atom stereocenters. The summed E-state index contributed by atoms with van der Waals surface area (Å²) in [7, 11) is 0. The summed E-state index contributed by atoms with van der Waals surface area (Å²) in [5.41, 5.74) is 1.28. The number of aromatic nitrogens is 2. The minimum atomic E-state index is 0. The highest BCUT2D eigenvalue weighted by atomic mass is 35.5. The fourth-order valence-corrected chi connectivity index (χ4v) is 1.66. The fraction of sp³-hybridized carbons (Fsp3) is 0.769. The first-order valence-electron chi connectivity index (χ1n) is 6.47. The van der Waals surface area contributed by atoms with Gasteiger partial charge in [-0.25, -0.2) is 0 Å². The molecule has 3 nitrogen and oxygen atoms in total. The van der Waals surface area contributed by atoms with Crippen LogP contribution in [0.15, 0.2) is 12.4 Å². The van der Waals surface area contributed by atoms with Crippen LogP contribution in [0.25, 0.3) is 0 Å². The van der Waals surface area contributed by atoms with Gasteiger partial charge in [-0.15, -0.1) is 12.4 Å². The maximum Gasteiger partial charge on any atom is 0.0534 e. The first kappa shape index (κ1) is 16.5. The Morgan fingerprint density at radius 2 is 2.06 bits per heavy atom. The zero-order valence-corrected chi connectivity index (χ0v) is 12.1. The van der Waals surface area contributed by atoms with Crippen molar-refractivity contribution < 1.29 is 0 Å². The van der Waals surface area contributed by atoms with Gasteiger partial charge in [-0.3, -0.25) is 4.68 Å². The summed E-state index contributed by atoms with van der Waals surface area (Å²) in [6, 6.07) is 0.457. The third kappa shape index (κ3) is 6.69. The second kappa shape index (κ2) is 9.49. The van der Waals surface area contributed by atoms with E-state index in [1.54, 1.807) is 0 Å². The third-order valence-electron chi connectivity index (χ3n) is 2.72. The predicted molar refractivity (Wildman–Crippen MR) is 75.7 cm³/mol. The lowest BCUT2D eigenvalue weighted by Gasteiger charge is -2.04. The van der Waals surface area contributed by atoms with Crippen LogP contribution in [0.4, 0.5) is 0 Å². The number of halogens is 1. The lowest BCUT2D eigenvalue weighted by Crippen LogP contribution is -2.14. The molecule has 0 bridgehead atoms. The van der Waals surface area contributed by atoms with Crippen molar-refractivity contribution in [3.05, 3.63) is 18.0 Å². The summed E-state index contributed by atoms with van der Waals surface area (Å²) in [6.45, 7) is 8.60. The highest BCUT2D eigenvalue weighted by molar-refractivity contribution is 5.85. The normalized spacial score (nSPS) is 10.6. The molecule has 100 valence electrons. The van der Waals surface area contributed by atoms with E-state index < -0.39 is 0 Å². The van der Waals surface area contributed by atoms with Crippen LogP contribution < -0.4 is 5.32 Å². The van der Waals surface area contributed by atoms with Gasteiger partial charge in [0.05, 0.1) is 6.20 Å². The summed E-state index contributed by atoms with van der Waals surface area (Å²) in [5, 5.41) is 7.78. The van der Waals surface area contributed by atoms with Gasteiger partial charge in [0, 0.05) is 24.3 Å². The van der Waals surface area contributed by atoms with Crippen LogP contribution in [-0.4, -0.2) is 16.3 Å². The fourth-order valence-electron chi connectivity index (χ4n) is 1.66. The van der Waals surface area contributed by atoms with E-state index in [1.807, 2.05) is 10.9 Å². The molecule has 1 N–H and O–H groups in total. The summed E-state index contributed by atoms with van der Waals surface area (Å²) >= 11 is 0. The second-order valence-corrected chi connectivity index (χ2v) is 4.66. The van der Waals surface area contributed by atoms with E-state index in [2.05, 4.69) is 37.4 Å². The molecule has 1 heterocycles. The molecule has 1 rings (SSSR count). The molecule has 0 saturated carbocycles. The standard InChI is InChI=1S/C13H25N3.ClH/c1-4-5-6-7-8-14-9-13-10-15-16(11-13)12(2)3;/h10-12,14H,4-9H2,1-3H3;1H. The van der Waals surface area contributed by atoms with Crippen LogP contribution >= 0.6 is 12.4 Å². The molecule has 0 aliphatic heterocycles. The first-order chi connectivity index (χ1) is 7.74. The summed E-state index contributed by atoms with van der Waals surface area (Å²) in [4.78, 5) is 0. The van der Waals surface area contributed by atoms with Crippen LogP contribution in [0.1, 0.15) is 58.1 Å². The van der Waals surface area contributed by atoms with Crippen LogP contribution in [0.5, 0.6) is 0 Å². The maximum absolute atomic E-state index is 4.32. The molecule has 0 aliphatic rings. The third-order valence-corrected chi connectivity index (χ3v) is 2.72. The molecule has 0 spiro atoms. The Hall–Kier alpha value is -0.540. The maximum atomic E-state index is 4.32. The SMILES string of the molecule is CCCCCCNCc1cnn(C(C)C)c1.Cl. The highest BCUT2D eigenvalue weighted by Gasteiger charge is 2.00. The van der Waals surface area contributed by atoms with Gasteiger partial charge in [0.25, 0.3) is 0 Å². The zero-order chi connectivity index (χ0) is 11.8. The van der Waals surface area contributed by atoms with Crippen molar-refractivity contribution in [2.45, 2.75) is 59.0 Å². The number of hydrogen-bond donors (Lipinski definition) is 1. The van der Waals surface area contributed by atoms with Gasteiger partial charge in [-0.1, -0.05) is 26.2 Å². The lowest BCUT2D eigenvalue weighted by molar-refractivity contribution is 0.531. The Labute approximate surface area is 111 Å². The predicted octanol–water partition coefficient (Wildman–Crippen LogP) is 3.56. The minimum absolute atomic E-state index is 0. The Balaban J connectivity index is 0.00000256. The molecular formula is C13H26ClN3. The van der Waals surface area contributed by atoms with E-state index in [0.717, 1.165) is 13.1 Å². The van der Waals surface area contributed by atoms with E-state index in [0.29, 0.717) is 6.04 Å². The Bertz CT molecular complexity index is 284. The van der Waals surface area contributed by atoms with Gasteiger partial charge in [-0.05, 0) is 26.8 Å². The largest absolute Gasteiger partial charge is 0.313 e. The van der Waals surface area contributed by atoms with Gasteiger partial charge >= 0.3 is 0 Å². The summed E-state index contributed by atoms with van der Waals surface area (Å²) in [6.07, 6.45) is 9.37. The molecule has 0 radical (unpaired) electrons. The molecular weight excluding hydrogens is 234 g/mol. The summed E-state index contributed by atoms with van der Waals surface area (Å²) in [5.74, 6) is 0. The number of nitrogens with one attached hydrogen (secondary N) is 1. The zero-order valence-electron chi connectivity index (χ0n) is 11.3. The molecule has 0 aromatic carbocycles. The van der Waals surface area contributed by atoms with E-state index in [1.165, 1.54) is 31.2 Å². The molecule has 0 aliphatic carbocycles. The first-order valence-corrected chi connectivity index (χ1v) is 6.47. The van der Waals surface area contributed by atoms with Crippen LogP contribution in [0.2, 0.25) is 0 Å². The van der Waals surface area contributed by atoms with Gasteiger partial charge in [-0.2, -0.15) is 5.10 Å². The smallest absolute Gasteiger partial charge is 0.0534 e. The second-order valence-electron chi connectivity index (χ2n) is 4.66. The average Bonchev–Trinajstić information content (AvgIpc) is 2.72. The quantitative estimate of drug-likeness (QED) is 0.724. The topological polar surface area (TPSA) is 29.9 Å². The van der Waals surface area contributed by atoms with E-state index in [4.69, 9.17) is 0 Å². The minimum Gasteiger partial charge on any atom is -0.313 e. The van der Waals surface area contributed by atoms with Crippen LogP contribution in [-0.2, 0) is 6.54 Å². The van der Waals surface area contributed by atoms with Crippen LogP contribution in [0, 0.1) is 0 Å². The van der Waals surface area contributed by atoms with E-state index in [-0.39, 0.29) is 12.4 Å². The number of rotatable bonds is 8. The van der Waals surface area contributed by atoms with Crippen molar-refractivity contribution in [2.24, 2.45) is 0 Å². The van der Waals surface area contributed by atoms with E-state index in [9.17, 15) is 0 Å². The van der Waals surface area contributed by atoms with Crippen molar-refractivity contribution in [2.75, 3.05) is 6.54 Å². The average molecular weight is 260 g/mol. The Kier molecular flexibility index (Phi) is 9.18. The van der Waals surface area contributed by atoms with Crippen molar-refractivity contribution in [3.8, 4) is 0 Å². The van der Waals surface area contributed by atoms with Gasteiger partial charge in [0.1, 0.15) is 0 Å². The molecule has 0 fully saturated rings. The number of unbranched alkanes of at least 4 members (excludes halogenated alkanes) is 3. The van der Waals surface area contributed by atoms with Crippen molar-refractivity contribution in [1.29, 1.82) is 0 Å². The molecule has 0 atom stereocenters. The van der Waals surface area contributed by atoms with Crippen LogP contribution in [0.3, 0.4) is 0 Å². The molecule has 0 amide bonds. The summed E-state index contributed by atoms with van der Waals surface area (Å²) < 4.78 is 2.01. The molecule has 4 heteroatoms. The Morgan fingerprint density at radius 3 is 2.65 bits per heavy atom. The molecule has 0 saturated heterocycles. The molecule has 1 aromatic heterocycles. The number of nitrogens with zero attached hydrogens (tertiary/aromatic N) is 2. The molecule has 17 heavy (non-hydrogen) atoms. The number of hydrogen-bond acceptors (Lipinski definition) is 2. The van der Waals surface area contributed by atoms with Gasteiger partial charge in [0.2, 0.25) is 0 Å². The van der Waals surface area contributed by atoms with Gasteiger partial charge in [0.15, 0.2) is 0 Å². The highest BCUT2D eigenvalue weighted by Crippen LogP contribution is 2.05.